The molecule has 0 radical (unpaired) electrons. The standard InChI is InChI=1S/C21H26N2O3/c1-14(2)16-5-7-17(8-6-16)20(15(3)4)23-19(24)13-26-21(25)18-9-11-22-12-10-18/h5-12,14-15,20H,13H2,1-4H3,(H,23,24)/t20-/m1/s1. The Morgan fingerprint density at radius 1 is 0.962 bits per heavy atom. The van der Waals surface area contributed by atoms with Crippen LogP contribution < -0.4 is 5.32 Å². The van der Waals surface area contributed by atoms with E-state index in [9.17, 15) is 9.59 Å². The summed E-state index contributed by atoms with van der Waals surface area (Å²) >= 11 is 0. The van der Waals surface area contributed by atoms with Gasteiger partial charge in [0.1, 0.15) is 0 Å². The zero-order chi connectivity index (χ0) is 19.1. The monoisotopic (exact) mass is 354 g/mol. The number of esters is 1. The molecule has 0 spiro atoms. The molecule has 1 atom stereocenters. The number of aromatic nitrogens is 1. The molecule has 0 bridgehead atoms. The smallest absolute Gasteiger partial charge is 0.338 e. The summed E-state index contributed by atoms with van der Waals surface area (Å²) in [6.45, 7) is 8.07. The Kier molecular flexibility index (Phi) is 6.89. The minimum Gasteiger partial charge on any atom is -0.452 e. The van der Waals surface area contributed by atoms with Gasteiger partial charge in [0, 0.05) is 12.4 Å². The van der Waals surface area contributed by atoms with Crippen LogP contribution in [-0.4, -0.2) is 23.5 Å². The van der Waals surface area contributed by atoms with E-state index in [1.807, 2.05) is 26.0 Å². The molecule has 138 valence electrons. The van der Waals surface area contributed by atoms with Gasteiger partial charge in [-0.2, -0.15) is 0 Å². The molecule has 1 aromatic carbocycles. The largest absolute Gasteiger partial charge is 0.452 e. The van der Waals surface area contributed by atoms with E-state index >= 15 is 0 Å². The number of rotatable bonds is 7. The Bertz CT molecular complexity index is 725. The molecule has 0 aliphatic heterocycles. The molecule has 0 saturated heterocycles. The number of hydrogen-bond donors (Lipinski definition) is 1. The average molecular weight is 354 g/mol. The van der Waals surface area contributed by atoms with Gasteiger partial charge in [0.2, 0.25) is 0 Å². The normalized spacial score (nSPS) is 12.1. The van der Waals surface area contributed by atoms with Crippen molar-refractivity contribution in [2.75, 3.05) is 6.61 Å². The van der Waals surface area contributed by atoms with Crippen LogP contribution in [0.4, 0.5) is 0 Å². The molecular weight excluding hydrogens is 328 g/mol. The van der Waals surface area contributed by atoms with Crippen molar-refractivity contribution in [2.45, 2.75) is 39.7 Å². The number of nitrogens with zero attached hydrogens (tertiary/aromatic N) is 1. The van der Waals surface area contributed by atoms with Crippen LogP contribution in [0.2, 0.25) is 0 Å². The topological polar surface area (TPSA) is 68.3 Å². The minimum absolute atomic E-state index is 0.136. The Morgan fingerprint density at radius 2 is 1.54 bits per heavy atom. The van der Waals surface area contributed by atoms with Crippen molar-refractivity contribution < 1.29 is 14.3 Å². The minimum atomic E-state index is -0.537. The van der Waals surface area contributed by atoms with Crippen molar-refractivity contribution in [1.82, 2.24) is 10.3 Å². The second-order valence-corrected chi connectivity index (χ2v) is 6.92. The highest BCUT2D eigenvalue weighted by Crippen LogP contribution is 2.24. The second kappa shape index (κ2) is 9.13. The molecule has 1 N–H and O–H groups in total. The fraction of sp³-hybridized carbons (Fsp3) is 0.381. The first kappa shape index (κ1) is 19.6. The van der Waals surface area contributed by atoms with Crippen LogP contribution in [-0.2, 0) is 9.53 Å². The lowest BCUT2D eigenvalue weighted by molar-refractivity contribution is -0.125. The molecule has 0 fully saturated rings. The molecule has 5 nitrogen and oxygen atoms in total. The van der Waals surface area contributed by atoms with Crippen LogP contribution in [0.25, 0.3) is 0 Å². The molecular formula is C21H26N2O3. The molecule has 1 heterocycles. The zero-order valence-corrected chi connectivity index (χ0v) is 15.7. The molecule has 0 unspecified atom stereocenters. The first-order valence-electron chi connectivity index (χ1n) is 8.85. The van der Waals surface area contributed by atoms with Crippen molar-refractivity contribution in [2.24, 2.45) is 5.92 Å². The van der Waals surface area contributed by atoms with Gasteiger partial charge >= 0.3 is 5.97 Å². The highest BCUT2D eigenvalue weighted by Gasteiger charge is 2.19. The summed E-state index contributed by atoms with van der Waals surface area (Å²) in [7, 11) is 0. The van der Waals surface area contributed by atoms with Gasteiger partial charge in [0.05, 0.1) is 11.6 Å². The molecule has 26 heavy (non-hydrogen) atoms. The number of amides is 1. The van der Waals surface area contributed by atoms with Crippen LogP contribution in [0.5, 0.6) is 0 Å². The van der Waals surface area contributed by atoms with E-state index in [-0.39, 0.29) is 24.5 Å². The van der Waals surface area contributed by atoms with Gasteiger partial charge in [-0.15, -0.1) is 0 Å². The van der Waals surface area contributed by atoms with E-state index in [1.165, 1.54) is 18.0 Å². The predicted molar refractivity (Wildman–Crippen MR) is 101 cm³/mol. The lowest BCUT2D eigenvalue weighted by Crippen LogP contribution is -2.35. The van der Waals surface area contributed by atoms with Gasteiger partial charge in [-0.1, -0.05) is 52.0 Å². The quantitative estimate of drug-likeness (QED) is 0.766. The molecule has 0 aliphatic rings. The van der Waals surface area contributed by atoms with Crippen molar-refractivity contribution in [1.29, 1.82) is 0 Å². The summed E-state index contributed by atoms with van der Waals surface area (Å²) in [5.74, 6) is -0.188. The zero-order valence-electron chi connectivity index (χ0n) is 15.7. The maximum atomic E-state index is 12.2. The molecule has 1 amide bonds. The van der Waals surface area contributed by atoms with Gasteiger partial charge in [-0.25, -0.2) is 4.79 Å². The summed E-state index contributed by atoms with van der Waals surface area (Å²) in [4.78, 5) is 28.0. The van der Waals surface area contributed by atoms with Gasteiger partial charge in [0.25, 0.3) is 5.91 Å². The third-order valence-electron chi connectivity index (χ3n) is 4.20. The van der Waals surface area contributed by atoms with E-state index in [4.69, 9.17) is 4.74 Å². The highest BCUT2D eigenvalue weighted by atomic mass is 16.5. The van der Waals surface area contributed by atoms with E-state index in [1.54, 1.807) is 12.1 Å². The van der Waals surface area contributed by atoms with Gasteiger partial charge in [-0.3, -0.25) is 9.78 Å². The fourth-order valence-electron chi connectivity index (χ4n) is 2.64. The fourth-order valence-corrected chi connectivity index (χ4v) is 2.64. The summed E-state index contributed by atoms with van der Waals surface area (Å²) in [6, 6.07) is 11.2. The number of hydrogen-bond acceptors (Lipinski definition) is 4. The molecule has 5 heteroatoms. The summed E-state index contributed by atoms with van der Waals surface area (Å²) < 4.78 is 5.08. The van der Waals surface area contributed by atoms with Gasteiger partial charge < -0.3 is 10.1 Å². The Balaban J connectivity index is 1.96. The van der Waals surface area contributed by atoms with Crippen LogP contribution in [0, 0.1) is 5.92 Å². The molecule has 2 rings (SSSR count). The number of benzene rings is 1. The predicted octanol–water partition coefficient (Wildman–Crippen LogP) is 3.88. The molecule has 0 aliphatic carbocycles. The number of nitrogens with one attached hydrogen (secondary N) is 1. The second-order valence-electron chi connectivity index (χ2n) is 6.92. The first-order valence-corrected chi connectivity index (χ1v) is 8.85. The summed E-state index contributed by atoms with van der Waals surface area (Å²) in [5.41, 5.74) is 2.67. The third kappa shape index (κ3) is 5.41. The SMILES string of the molecule is CC(C)c1ccc([C@H](NC(=O)COC(=O)c2ccncc2)C(C)C)cc1. The van der Waals surface area contributed by atoms with Crippen molar-refractivity contribution >= 4 is 11.9 Å². The number of carbonyl (C=O) groups is 2. The number of carbonyl (C=O) groups excluding carboxylic acids is 2. The van der Waals surface area contributed by atoms with Crippen LogP contribution in [0.3, 0.4) is 0 Å². The van der Waals surface area contributed by atoms with Crippen molar-refractivity contribution in [3.05, 3.63) is 65.5 Å². The summed E-state index contributed by atoms with van der Waals surface area (Å²) in [5, 5.41) is 2.96. The van der Waals surface area contributed by atoms with Crippen LogP contribution in [0.1, 0.15) is 61.1 Å². The summed E-state index contributed by atoms with van der Waals surface area (Å²) in [6.07, 6.45) is 3.01. The van der Waals surface area contributed by atoms with Gasteiger partial charge in [-0.05, 0) is 35.1 Å². The average Bonchev–Trinajstić information content (AvgIpc) is 2.64. The molecule has 1 aromatic heterocycles. The number of pyridine rings is 1. The number of ether oxygens (including phenoxy) is 1. The Hall–Kier alpha value is -2.69. The Labute approximate surface area is 154 Å². The maximum absolute atomic E-state index is 12.2. The molecule has 0 saturated carbocycles. The Morgan fingerprint density at radius 3 is 2.08 bits per heavy atom. The lowest BCUT2D eigenvalue weighted by Gasteiger charge is -2.23. The van der Waals surface area contributed by atoms with E-state index < -0.39 is 5.97 Å². The van der Waals surface area contributed by atoms with E-state index in [0.717, 1.165) is 5.56 Å². The van der Waals surface area contributed by atoms with Crippen LogP contribution >= 0.6 is 0 Å². The van der Waals surface area contributed by atoms with Crippen molar-refractivity contribution in [3.8, 4) is 0 Å². The van der Waals surface area contributed by atoms with Crippen LogP contribution in [0.15, 0.2) is 48.8 Å². The van der Waals surface area contributed by atoms with E-state index in [2.05, 4.69) is 36.3 Å². The lowest BCUT2D eigenvalue weighted by atomic mass is 9.93. The van der Waals surface area contributed by atoms with Crippen molar-refractivity contribution in [3.63, 3.8) is 0 Å². The first-order chi connectivity index (χ1) is 12.4. The third-order valence-corrected chi connectivity index (χ3v) is 4.20. The molecule has 2 aromatic rings. The van der Waals surface area contributed by atoms with E-state index in [0.29, 0.717) is 11.5 Å². The highest BCUT2D eigenvalue weighted by molar-refractivity contribution is 5.91. The van der Waals surface area contributed by atoms with Gasteiger partial charge in [0.15, 0.2) is 6.61 Å². The maximum Gasteiger partial charge on any atom is 0.338 e.